The van der Waals surface area contributed by atoms with Crippen LogP contribution in [-0.4, -0.2) is 10.2 Å². The Morgan fingerprint density at radius 3 is 2.88 bits per heavy atom. The highest BCUT2D eigenvalue weighted by Gasteiger charge is 1.96. The summed E-state index contributed by atoms with van der Waals surface area (Å²) in [5.41, 5.74) is 0.903. The monoisotopic (exact) mass is 132 g/mol. The molecule has 0 saturated carbocycles. The van der Waals surface area contributed by atoms with E-state index in [4.69, 9.17) is 11.9 Å². The van der Waals surface area contributed by atoms with Crippen molar-refractivity contribution in [3.05, 3.63) is 11.8 Å². The normalized spacial score (nSPS) is 9.25. The molecular weight excluding hydrogens is 128 g/mol. The van der Waals surface area contributed by atoms with E-state index in [2.05, 4.69) is 14.5 Å². The molecule has 3 nitrogen and oxygen atoms in total. The Hall–Kier alpha value is -0.700. The van der Waals surface area contributed by atoms with Gasteiger partial charge in [0.25, 0.3) is 0 Å². The largest absolute Gasteiger partial charge is 0.365 e. The molecular formula is C4H5ClN2O. The summed E-state index contributed by atoms with van der Waals surface area (Å²) in [6, 6.07) is 0. The van der Waals surface area contributed by atoms with Crippen molar-refractivity contribution in [2.75, 3.05) is 0 Å². The highest BCUT2D eigenvalue weighted by Crippen LogP contribution is 2.11. The van der Waals surface area contributed by atoms with E-state index in [1.54, 1.807) is 6.20 Å². The molecule has 4 heteroatoms. The van der Waals surface area contributed by atoms with Gasteiger partial charge >= 0.3 is 0 Å². The smallest absolute Gasteiger partial charge is 0.235 e. The van der Waals surface area contributed by atoms with Gasteiger partial charge in [0.15, 0.2) is 0 Å². The zero-order chi connectivity index (χ0) is 5.98. The lowest BCUT2D eigenvalue weighted by molar-refractivity contribution is 0.583. The van der Waals surface area contributed by atoms with Crippen LogP contribution in [0.15, 0.2) is 6.20 Å². The zero-order valence-electron chi connectivity index (χ0n) is 4.31. The second-order valence-corrected chi connectivity index (χ2v) is 1.61. The Morgan fingerprint density at radius 2 is 2.62 bits per heavy atom. The van der Waals surface area contributed by atoms with E-state index >= 15 is 0 Å². The second kappa shape index (κ2) is 2.05. The minimum Gasteiger partial charge on any atom is -0.365 e. The Balaban J connectivity index is 2.92. The fraction of sp³-hybridized carbons (Fsp3) is 0.250. The molecule has 0 spiro atoms. The molecule has 0 saturated heterocycles. The second-order valence-electron chi connectivity index (χ2n) is 1.46. The summed E-state index contributed by atoms with van der Waals surface area (Å²) >= 11 is 5.00. The van der Waals surface area contributed by atoms with Crippen LogP contribution in [0.2, 0.25) is 0 Å². The van der Waals surface area contributed by atoms with E-state index < -0.39 is 0 Å². The number of hydrogen-bond acceptors (Lipinski definition) is 2. The Labute approximate surface area is 51.8 Å². The van der Waals surface area contributed by atoms with E-state index in [1.165, 1.54) is 0 Å². The van der Waals surface area contributed by atoms with Gasteiger partial charge in [-0.15, -0.1) is 0 Å². The van der Waals surface area contributed by atoms with Gasteiger partial charge in [0.05, 0.1) is 6.20 Å². The summed E-state index contributed by atoms with van der Waals surface area (Å²) < 4.78 is 4.34. The van der Waals surface area contributed by atoms with Crippen LogP contribution in [0.5, 0.6) is 5.88 Å². The van der Waals surface area contributed by atoms with Crippen molar-refractivity contribution in [1.82, 2.24) is 10.2 Å². The van der Waals surface area contributed by atoms with Crippen molar-refractivity contribution >= 4 is 11.9 Å². The average molecular weight is 133 g/mol. The molecule has 1 N–H and O–H groups in total. The quantitative estimate of drug-likeness (QED) is 0.625. The SMILES string of the molecule is Cc1cn[nH]c1OCl. The van der Waals surface area contributed by atoms with Gasteiger partial charge in [-0.3, -0.25) is 0 Å². The third-order valence-corrected chi connectivity index (χ3v) is 1.01. The van der Waals surface area contributed by atoms with Crippen LogP contribution in [-0.2, 0) is 0 Å². The molecule has 0 aliphatic rings. The van der Waals surface area contributed by atoms with Crippen LogP contribution in [0.25, 0.3) is 0 Å². The number of aromatic amines is 1. The predicted octanol–water partition coefficient (Wildman–Crippen LogP) is 1.25. The standard InChI is InChI=1S/C4H5ClN2O/c1-3-2-6-7-4(3)8-5/h2H,1H3,(H,6,7). The van der Waals surface area contributed by atoms with Gasteiger partial charge in [0.2, 0.25) is 5.88 Å². The van der Waals surface area contributed by atoms with Gasteiger partial charge in [-0.25, -0.2) is 5.10 Å². The van der Waals surface area contributed by atoms with Gasteiger partial charge < -0.3 is 4.29 Å². The third-order valence-electron chi connectivity index (χ3n) is 0.860. The molecule has 0 atom stereocenters. The molecule has 1 aromatic heterocycles. The fourth-order valence-electron chi connectivity index (χ4n) is 0.413. The van der Waals surface area contributed by atoms with Crippen LogP contribution in [0.1, 0.15) is 5.56 Å². The van der Waals surface area contributed by atoms with Gasteiger partial charge in [0, 0.05) is 5.56 Å². The van der Waals surface area contributed by atoms with Gasteiger partial charge in [-0.05, 0) is 6.92 Å². The van der Waals surface area contributed by atoms with Crippen LogP contribution >= 0.6 is 11.9 Å². The average Bonchev–Trinajstić information content (AvgIpc) is 2.14. The summed E-state index contributed by atoms with van der Waals surface area (Å²) in [4.78, 5) is 0. The number of rotatable bonds is 1. The molecule has 0 fully saturated rings. The van der Waals surface area contributed by atoms with E-state index in [-0.39, 0.29) is 0 Å². The van der Waals surface area contributed by atoms with Gasteiger partial charge in [0.1, 0.15) is 11.9 Å². The van der Waals surface area contributed by atoms with E-state index in [0.717, 1.165) is 5.56 Å². The number of aromatic nitrogens is 2. The molecule has 1 rings (SSSR count). The molecule has 1 aromatic rings. The Bertz CT molecular complexity index is 174. The number of aryl methyl sites for hydroxylation is 1. The molecule has 44 valence electrons. The number of nitrogens with one attached hydrogen (secondary N) is 1. The van der Waals surface area contributed by atoms with Crippen molar-refractivity contribution < 1.29 is 4.29 Å². The molecule has 0 aromatic carbocycles. The lowest BCUT2D eigenvalue weighted by atomic mass is 10.4. The van der Waals surface area contributed by atoms with Crippen molar-refractivity contribution in [3.8, 4) is 5.88 Å². The summed E-state index contributed by atoms with van der Waals surface area (Å²) in [6.45, 7) is 1.85. The third kappa shape index (κ3) is 0.767. The molecule has 8 heavy (non-hydrogen) atoms. The first kappa shape index (κ1) is 5.44. The molecule has 0 radical (unpaired) electrons. The van der Waals surface area contributed by atoms with Crippen LogP contribution in [0.4, 0.5) is 0 Å². The topological polar surface area (TPSA) is 37.9 Å². The van der Waals surface area contributed by atoms with Crippen molar-refractivity contribution in [2.24, 2.45) is 0 Å². The molecule has 0 unspecified atom stereocenters. The Morgan fingerprint density at radius 1 is 1.88 bits per heavy atom. The van der Waals surface area contributed by atoms with Crippen LogP contribution in [0, 0.1) is 6.92 Å². The number of nitrogens with zero attached hydrogens (tertiary/aromatic N) is 1. The maximum atomic E-state index is 5.00. The summed E-state index contributed by atoms with van der Waals surface area (Å²) in [7, 11) is 0. The van der Waals surface area contributed by atoms with E-state index in [0.29, 0.717) is 5.88 Å². The maximum absolute atomic E-state index is 5.00. The number of halogens is 1. The predicted molar refractivity (Wildman–Crippen MR) is 29.8 cm³/mol. The molecule has 0 aliphatic heterocycles. The molecule has 0 aliphatic carbocycles. The van der Waals surface area contributed by atoms with Gasteiger partial charge in [-0.1, -0.05) is 0 Å². The molecule has 1 heterocycles. The highest BCUT2D eigenvalue weighted by atomic mass is 35.5. The summed E-state index contributed by atoms with van der Waals surface area (Å²) in [5, 5.41) is 6.21. The first-order valence-corrected chi connectivity index (χ1v) is 2.44. The fourth-order valence-corrected chi connectivity index (χ4v) is 0.569. The minimum atomic E-state index is 0.506. The van der Waals surface area contributed by atoms with Crippen molar-refractivity contribution in [2.45, 2.75) is 6.92 Å². The first-order valence-electron chi connectivity index (χ1n) is 2.13. The molecule has 0 amide bonds. The molecule has 0 bridgehead atoms. The first-order chi connectivity index (χ1) is 3.84. The maximum Gasteiger partial charge on any atom is 0.235 e. The highest BCUT2D eigenvalue weighted by molar-refractivity contribution is 6.09. The van der Waals surface area contributed by atoms with Crippen molar-refractivity contribution in [3.63, 3.8) is 0 Å². The van der Waals surface area contributed by atoms with Crippen LogP contribution < -0.4 is 4.29 Å². The number of H-pyrrole nitrogens is 1. The van der Waals surface area contributed by atoms with E-state index in [1.807, 2.05) is 6.92 Å². The summed E-state index contributed by atoms with van der Waals surface area (Å²) in [6.07, 6.45) is 1.64. The zero-order valence-corrected chi connectivity index (χ0v) is 5.07. The lowest BCUT2D eigenvalue weighted by Crippen LogP contribution is -1.75. The lowest BCUT2D eigenvalue weighted by Gasteiger charge is -1.86. The minimum absolute atomic E-state index is 0.506. The van der Waals surface area contributed by atoms with E-state index in [9.17, 15) is 0 Å². The summed E-state index contributed by atoms with van der Waals surface area (Å²) in [5.74, 6) is 0.506. The van der Waals surface area contributed by atoms with Crippen molar-refractivity contribution in [1.29, 1.82) is 0 Å². The van der Waals surface area contributed by atoms with Gasteiger partial charge in [-0.2, -0.15) is 5.10 Å². The van der Waals surface area contributed by atoms with Crippen LogP contribution in [0.3, 0.4) is 0 Å². The number of hydrogen-bond donors (Lipinski definition) is 1. The Kier molecular flexibility index (Phi) is 1.39.